The van der Waals surface area contributed by atoms with Crippen LogP contribution in [0.15, 0.2) is 48.5 Å². The molecule has 196 valence electrons. The summed E-state index contributed by atoms with van der Waals surface area (Å²) in [4.78, 5) is 29.8. The smallest absolute Gasteiger partial charge is 0.247 e. The van der Waals surface area contributed by atoms with Gasteiger partial charge in [-0.3, -0.25) is 9.59 Å². The molecule has 3 aromatic rings. The second-order valence-electron chi connectivity index (χ2n) is 10.0. The maximum atomic E-state index is 13.7. The average Bonchev–Trinajstić information content (AvgIpc) is 3.51. The Hall–Kier alpha value is -3.73. The van der Waals surface area contributed by atoms with Crippen LogP contribution in [-0.2, 0) is 20.9 Å². The topological polar surface area (TPSA) is 102 Å². The number of nitrogens with one attached hydrogen (secondary N) is 1. The van der Waals surface area contributed by atoms with Gasteiger partial charge in [0.05, 0.1) is 6.10 Å². The number of ether oxygens (including phenoxy) is 1. The number of halogens is 2. The summed E-state index contributed by atoms with van der Waals surface area (Å²) in [5.41, 5.74) is 0.448. The van der Waals surface area contributed by atoms with E-state index < -0.39 is 35.0 Å². The molecule has 0 saturated carbocycles. The van der Waals surface area contributed by atoms with Crippen molar-refractivity contribution in [2.75, 3.05) is 13.2 Å². The third-order valence-corrected chi connectivity index (χ3v) is 5.82. The van der Waals surface area contributed by atoms with E-state index in [4.69, 9.17) is 4.74 Å². The first kappa shape index (κ1) is 26.3. The Balaban J connectivity index is 1.64. The predicted octanol–water partition coefficient (Wildman–Crippen LogP) is 3.28. The molecule has 2 atom stereocenters. The van der Waals surface area contributed by atoms with E-state index >= 15 is 0 Å². The first-order chi connectivity index (χ1) is 17.6. The summed E-state index contributed by atoms with van der Waals surface area (Å²) in [6.45, 7) is 5.98. The van der Waals surface area contributed by atoms with E-state index in [0.29, 0.717) is 17.7 Å². The summed E-state index contributed by atoms with van der Waals surface area (Å²) in [5, 5.41) is 15.1. The van der Waals surface area contributed by atoms with Crippen molar-refractivity contribution in [3.8, 4) is 11.4 Å². The normalized spacial score (nSPS) is 16.4. The molecule has 11 heteroatoms. The highest BCUT2D eigenvalue weighted by molar-refractivity contribution is 5.89. The molecule has 0 spiro atoms. The van der Waals surface area contributed by atoms with Crippen molar-refractivity contribution in [2.45, 2.75) is 57.8 Å². The van der Waals surface area contributed by atoms with Crippen molar-refractivity contribution < 1.29 is 23.1 Å². The number of nitrogens with zero attached hydrogens (tertiary/aromatic N) is 5. The quantitative estimate of drug-likeness (QED) is 0.497. The van der Waals surface area contributed by atoms with Crippen molar-refractivity contribution in [1.82, 2.24) is 30.4 Å². The zero-order valence-corrected chi connectivity index (χ0v) is 21.0. The number of benzene rings is 2. The van der Waals surface area contributed by atoms with E-state index in [0.717, 1.165) is 17.6 Å². The van der Waals surface area contributed by atoms with Crippen LogP contribution in [0.4, 0.5) is 8.78 Å². The van der Waals surface area contributed by atoms with Gasteiger partial charge in [-0.25, -0.2) is 8.78 Å². The van der Waals surface area contributed by atoms with Crippen LogP contribution in [0.1, 0.15) is 45.2 Å². The van der Waals surface area contributed by atoms with Crippen LogP contribution in [0.5, 0.6) is 0 Å². The lowest BCUT2D eigenvalue weighted by Crippen LogP contribution is -2.51. The second kappa shape index (κ2) is 11.1. The third-order valence-electron chi connectivity index (χ3n) is 5.82. The molecule has 4 rings (SSSR count). The highest BCUT2D eigenvalue weighted by Crippen LogP contribution is 2.26. The minimum absolute atomic E-state index is 0.165. The molecule has 1 saturated heterocycles. The summed E-state index contributed by atoms with van der Waals surface area (Å²) < 4.78 is 32.8. The zero-order chi connectivity index (χ0) is 26.6. The fraction of sp³-hybridized carbons (Fsp3) is 0.423. The molecular weight excluding hydrogens is 482 g/mol. The maximum absolute atomic E-state index is 13.7. The number of hydrogen-bond acceptors (Lipinski definition) is 6. The van der Waals surface area contributed by atoms with Gasteiger partial charge in [0.25, 0.3) is 0 Å². The molecular formula is C26H30F2N6O3. The second-order valence-corrected chi connectivity index (χ2v) is 10.0. The molecule has 1 aliphatic heterocycles. The van der Waals surface area contributed by atoms with E-state index in [2.05, 4.69) is 20.7 Å². The van der Waals surface area contributed by atoms with Crippen molar-refractivity contribution in [1.29, 1.82) is 0 Å². The average molecular weight is 513 g/mol. The first-order valence-electron chi connectivity index (χ1n) is 12.1. The summed E-state index contributed by atoms with van der Waals surface area (Å²) in [5.74, 6) is -1.44. The van der Waals surface area contributed by atoms with Gasteiger partial charge in [-0.15, -0.1) is 10.2 Å². The Morgan fingerprint density at radius 3 is 2.35 bits per heavy atom. The number of tetrazole rings is 1. The molecule has 2 aromatic carbocycles. The van der Waals surface area contributed by atoms with Crippen molar-refractivity contribution in [2.24, 2.45) is 0 Å². The van der Waals surface area contributed by atoms with Crippen LogP contribution < -0.4 is 5.32 Å². The molecule has 2 heterocycles. The molecule has 37 heavy (non-hydrogen) atoms. The summed E-state index contributed by atoms with van der Waals surface area (Å²) in [6.07, 6.45) is 1.36. The Morgan fingerprint density at radius 1 is 1.11 bits per heavy atom. The number of hydrogen-bond donors (Lipinski definition) is 1. The number of carbonyl (C=O) groups is 2. The van der Waals surface area contributed by atoms with Crippen LogP contribution in [0, 0.1) is 11.6 Å². The molecule has 1 N–H and O–H groups in total. The van der Waals surface area contributed by atoms with Crippen LogP contribution in [0.25, 0.3) is 11.4 Å². The van der Waals surface area contributed by atoms with Gasteiger partial charge in [0.15, 0.2) is 0 Å². The van der Waals surface area contributed by atoms with E-state index in [-0.39, 0.29) is 25.0 Å². The van der Waals surface area contributed by atoms with Crippen LogP contribution in [-0.4, -0.2) is 61.7 Å². The lowest BCUT2D eigenvalue weighted by atomic mass is 10.0. The van der Waals surface area contributed by atoms with E-state index in [1.807, 2.05) is 20.8 Å². The highest BCUT2D eigenvalue weighted by atomic mass is 19.1. The number of amides is 2. The van der Waals surface area contributed by atoms with Gasteiger partial charge in [0.1, 0.15) is 24.2 Å². The van der Waals surface area contributed by atoms with Gasteiger partial charge in [0.2, 0.25) is 17.6 Å². The van der Waals surface area contributed by atoms with Crippen LogP contribution >= 0.6 is 0 Å². The zero-order valence-electron chi connectivity index (χ0n) is 21.0. The molecule has 1 fully saturated rings. The van der Waals surface area contributed by atoms with E-state index in [9.17, 15) is 18.4 Å². The van der Waals surface area contributed by atoms with Gasteiger partial charge in [-0.1, -0.05) is 12.1 Å². The van der Waals surface area contributed by atoms with Gasteiger partial charge in [0, 0.05) is 24.3 Å². The molecule has 0 unspecified atom stereocenters. The molecule has 0 radical (unpaired) electrons. The minimum Gasteiger partial charge on any atom is -0.376 e. The van der Waals surface area contributed by atoms with Crippen molar-refractivity contribution in [3.05, 3.63) is 65.7 Å². The van der Waals surface area contributed by atoms with Crippen LogP contribution in [0.3, 0.4) is 0 Å². The van der Waals surface area contributed by atoms with Crippen LogP contribution in [0.2, 0.25) is 0 Å². The summed E-state index contributed by atoms with van der Waals surface area (Å²) in [6, 6.07) is 10.1. The molecule has 0 aliphatic carbocycles. The number of carbonyl (C=O) groups excluding carboxylic acids is 2. The number of rotatable bonds is 8. The van der Waals surface area contributed by atoms with Gasteiger partial charge < -0.3 is 15.0 Å². The Labute approximate surface area is 213 Å². The maximum Gasteiger partial charge on any atom is 0.247 e. The predicted molar refractivity (Wildman–Crippen MR) is 131 cm³/mol. The fourth-order valence-corrected chi connectivity index (χ4v) is 4.15. The lowest BCUT2D eigenvalue weighted by molar-refractivity contribution is -0.144. The van der Waals surface area contributed by atoms with Gasteiger partial charge >= 0.3 is 0 Å². The first-order valence-corrected chi connectivity index (χ1v) is 12.1. The minimum atomic E-state index is -1.03. The fourth-order valence-electron chi connectivity index (χ4n) is 4.15. The molecule has 1 aliphatic rings. The van der Waals surface area contributed by atoms with Crippen molar-refractivity contribution in [3.63, 3.8) is 0 Å². The van der Waals surface area contributed by atoms with Gasteiger partial charge in [-0.05, 0) is 80.8 Å². The molecule has 0 bridgehead atoms. The van der Waals surface area contributed by atoms with Crippen molar-refractivity contribution >= 4 is 11.8 Å². The van der Waals surface area contributed by atoms with E-state index in [1.165, 1.54) is 53.4 Å². The standard InChI is InChI=1S/C26H30F2N6O3/c1-26(2,3)29-25(36)23(17-6-10-19(27)11-7-17)33(15-21-5-4-14-37-21)22(35)16-34-31-24(30-32-34)18-8-12-20(28)13-9-18/h6-13,21,23H,4-5,14-16H2,1-3H3,(H,29,36)/t21-,23-/m0/s1. The largest absolute Gasteiger partial charge is 0.376 e. The van der Waals surface area contributed by atoms with Gasteiger partial charge in [-0.2, -0.15) is 4.80 Å². The molecule has 9 nitrogen and oxygen atoms in total. The Morgan fingerprint density at radius 2 is 1.76 bits per heavy atom. The Bertz CT molecular complexity index is 1220. The monoisotopic (exact) mass is 512 g/mol. The van der Waals surface area contributed by atoms with E-state index in [1.54, 1.807) is 0 Å². The summed E-state index contributed by atoms with van der Waals surface area (Å²) >= 11 is 0. The molecule has 2 amide bonds. The Kier molecular flexibility index (Phi) is 7.91. The molecule has 1 aromatic heterocycles. The third kappa shape index (κ3) is 6.94. The lowest BCUT2D eigenvalue weighted by Gasteiger charge is -2.34. The SMILES string of the molecule is CC(C)(C)NC(=O)[C@H](c1ccc(F)cc1)N(C[C@@H]1CCCO1)C(=O)Cn1nnc(-c2ccc(F)cc2)n1. The number of aromatic nitrogens is 4. The highest BCUT2D eigenvalue weighted by Gasteiger charge is 2.36. The summed E-state index contributed by atoms with van der Waals surface area (Å²) in [7, 11) is 0.